The van der Waals surface area contributed by atoms with E-state index in [1.807, 2.05) is 54.6 Å². The summed E-state index contributed by atoms with van der Waals surface area (Å²) < 4.78 is 1.70. The van der Waals surface area contributed by atoms with Crippen LogP contribution in [-0.4, -0.2) is 9.78 Å². The van der Waals surface area contributed by atoms with Crippen LogP contribution in [-0.2, 0) is 5.88 Å². The van der Waals surface area contributed by atoms with Crippen LogP contribution >= 0.6 is 34.8 Å². The largest absolute Gasteiger partial charge is 0.221 e. The molecule has 2 aromatic carbocycles. The van der Waals surface area contributed by atoms with E-state index in [-0.39, 0.29) is 0 Å². The minimum Gasteiger partial charge on any atom is -0.221 e. The highest BCUT2D eigenvalue weighted by molar-refractivity contribution is 6.32. The summed E-state index contributed by atoms with van der Waals surface area (Å²) in [4.78, 5) is 0. The number of para-hydroxylation sites is 1. The van der Waals surface area contributed by atoms with Gasteiger partial charge in [-0.1, -0.05) is 53.5 Å². The molecule has 1 heterocycles. The van der Waals surface area contributed by atoms with Crippen molar-refractivity contribution in [3.05, 3.63) is 70.3 Å². The van der Waals surface area contributed by atoms with Gasteiger partial charge in [0.2, 0.25) is 0 Å². The third-order valence-electron chi connectivity index (χ3n) is 3.17. The van der Waals surface area contributed by atoms with Gasteiger partial charge in [0, 0.05) is 16.1 Å². The quantitative estimate of drug-likeness (QED) is 0.570. The lowest BCUT2D eigenvalue weighted by molar-refractivity contribution is 0.884. The molecule has 0 unspecified atom stereocenters. The van der Waals surface area contributed by atoms with Crippen LogP contribution in [0.3, 0.4) is 0 Å². The highest BCUT2D eigenvalue weighted by Crippen LogP contribution is 2.32. The molecule has 0 aliphatic heterocycles. The van der Waals surface area contributed by atoms with Gasteiger partial charge in [0.25, 0.3) is 0 Å². The van der Waals surface area contributed by atoms with E-state index in [2.05, 4.69) is 5.10 Å². The molecule has 2 nitrogen and oxygen atoms in total. The first-order chi connectivity index (χ1) is 10.2. The predicted octanol–water partition coefficient (Wildman–Crippen LogP) is 5.58. The van der Waals surface area contributed by atoms with Crippen molar-refractivity contribution < 1.29 is 0 Å². The second kappa shape index (κ2) is 6.10. The third-order valence-corrected chi connectivity index (χ3v) is 4.08. The molecule has 106 valence electrons. The molecule has 0 spiro atoms. The molecule has 3 rings (SSSR count). The minimum atomic E-state index is 0.295. The van der Waals surface area contributed by atoms with Gasteiger partial charge >= 0.3 is 0 Å². The normalized spacial score (nSPS) is 10.8. The maximum atomic E-state index is 6.44. The molecule has 0 amide bonds. The van der Waals surface area contributed by atoms with Crippen molar-refractivity contribution in [3.63, 3.8) is 0 Å². The molecule has 0 bridgehead atoms. The highest BCUT2D eigenvalue weighted by atomic mass is 35.5. The zero-order chi connectivity index (χ0) is 14.8. The molecular formula is C16H11Cl3N2. The topological polar surface area (TPSA) is 17.8 Å². The standard InChI is InChI=1S/C16H11Cl3N2/c17-10-14-15(11-6-8-12(18)9-7-11)20-21(16(14)19)13-4-2-1-3-5-13/h1-9H,10H2. The van der Waals surface area contributed by atoms with E-state index in [4.69, 9.17) is 34.8 Å². The molecular weight excluding hydrogens is 327 g/mol. The summed E-state index contributed by atoms with van der Waals surface area (Å²) in [6.45, 7) is 0. The first kappa shape index (κ1) is 14.5. The summed E-state index contributed by atoms with van der Waals surface area (Å²) >= 11 is 18.4. The molecule has 21 heavy (non-hydrogen) atoms. The van der Waals surface area contributed by atoms with Gasteiger partial charge in [0.05, 0.1) is 17.3 Å². The lowest BCUT2D eigenvalue weighted by atomic mass is 10.1. The maximum Gasteiger partial charge on any atom is 0.137 e. The van der Waals surface area contributed by atoms with Crippen molar-refractivity contribution in [2.24, 2.45) is 0 Å². The number of hydrogen-bond acceptors (Lipinski definition) is 1. The van der Waals surface area contributed by atoms with Gasteiger partial charge in [-0.15, -0.1) is 11.6 Å². The first-order valence-electron chi connectivity index (χ1n) is 6.35. The second-order valence-electron chi connectivity index (χ2n) is 4.51. The van der Waals surface area contributed by atoms with Crippen LogP contribution in [0, 0.1) is 0 Å². The monoisotopic (exact) mass is 336 g/mol. The Morgan fingerprint density at radius 2 is 1.57 bits per heavy atom. The Kier molecular flexibility index (Phi) is 4.20. The lowest BCUT2D eigenvalue weighted by Gasteiger charge is -2.01. The van der Waals surface area contributed by atoms with Gasteiger partial charge in [0.1, 0.15) is 5.15 Å². The molecule has 0 saturated heterocycles. The van der Waals surface area contributed by atoms with Crippen molar-refractivity contribution in [2.45, 2.75) is 5.88 Å². The van der Waals surface area contributed by atoms with Crippen molar-refractivity contribution >= 4 is 34.8 Å². The van der Waals surface area contributed by atoms with E-state index in [1.165, 1.54) is 0 Å². The lowest BCUT2D eigenvalue weighted by Crippen LogP contribution is -1.96. The minimum absolute atomic E-state index is 0.295. The van der Waals surface area contributed by atoms with Gasteiger partial charge in [-0.25, -0.2) is 4.68 Å². The van der Waals surface area contributed by atoms with Gasteiger partial charge in [0.15, 0.2) is 0 Å². The van der Waals surface area contributed by atoms with Crippen LogP contribution in [0.25, 0.3) is 16.9 Å². The third kappa shape index (κ3) is 2.80. The van der Waals surface area contributed by atoms with Crippen molar-refractivity contribution in [2.75, 3.05) is 0 Å². The molecule has 5 heteroatoms. The van der Waals surface area contributed by atoms with Crippen molar-refractivity contribution in [3.8, 4) is 16.9 Å². The smallest absolute Gasteiger partial charge is 0.137 e. The van der Waals surface area contributed by atoms with E-state index in [1.54, 1.807) is 4.68 Å². The van der Waals surface area contributed by atoms with Gasteiger partial charge in [-0.3, -0.25) is 0 Å². The predicted molar refractivity (Wildman–Crippen MR) is 88.6 cm³/mol. The summed E-state index contributed by atoms with van der Waals surface area (Å²) in [5.74, 6) is 0.295. The number of halogens is 3. The summed E-state index contributed by atoms with van der Waals surface area (Å²) in [5.41, 5.74) is 3.42. The van der Waals surface area contributed by atoms with Crippen LogP contribution in [0.15, 0.2) is 54.6 Å². The number of hydrogen-bond donors (Lipinski definition) is 0. The van der Waals surface area contributed by atoms with Gasteiger partial charge < -0.3 is 0 Å². The fourth-order valence-electron chi connectivity index (χ4n) is 2.13. The Morgan fingerprint density at radius 3 is 2.19 bits per heavy atom. The van der Waals surface area contributed by atoms with Crippen LogP contribution in [0.2, 0.25) is 10.2 Å². The van der Waals surface area contributed by atoms with Crippen molar-refractivity contribution in [1.82, 2.24) is 9.78 Å². The molecule has 0 radical (unpaired) electrons. The molecule has 1 aromatic heterocycles. The Balaban J connectivity index is 2.16. The molecule has 0 N–H and O–H groups in total. The number of alkyl halides is 1. The molecule has 0 aliphatic carbocycles. The Labute approximate surface area is 137 Å². The number of benzene rings is 2. The number of aromatic nitrogens is 2. The highest BCUT2D eigenvalue weighted by Gasteiger charge is 2.17. The Morgan fingerprint density at radius 1 is 0.905 bits per heavy atom. The summed E-state index contributed by atoms with van der Waals surface area (Å²) in [5, 5.41) is 5.82. The fraction of sp³-hybridized carbons (Fsp3) is 0.0625. The van der Waals surface area contributed by atoms with Gasteiger partial charge in [-0.2, -0.15) is 5.10 Å². The van der Waals surface area contributed by atoms with E-state index in [0.717, 1.165) is 22.5 Å². The molecule has 0 fully saturated rings. The maximum absolute atomic E-state index is 6.44. The number of rotatable bonds is 3. The van der Waals surface area contributed by atoms with E-state index >= 15 is 0 Å². The SMILES string of the molecule is ClCc1c(-c2ccc(Cl)cc2)nn(-c2ccccc2)c1Cl. The van der Waals surface area contributed by atoms with Crippen LogP contribution < -0.4 is 0 Å². The van der Waals surface area contributed by atoms with E-state index in [0.29, 0.717) is 16.1 Å². The second-order valence-corrected chi connectivity index (χ2v) is 5.57. The Bertz CT molecular complexity index is 749. The summed E-state index contributed by atoms with van der Waals surface area (Å²) in [6, 6.07) is 17.2. The van der Waals surface area contributed by atoms with Crippen LogP contribution in [0.4, 0.5) is 0 Å². The fourth-order valence-corrected chi connectivity index (χ4v) is 2.87. The van der Waals surface area contributed by atoms with Crippen LogP contribution in [0.5, 0.6) is 0 Å². The van der Waals surface area contributed by atoms with E-state index < -0.39 is 0 Å². The average molecular weight is 338 g/mol. The average Bonchev–Trinajstić information content (AvgIpc) is 2.85. The summed E-state index contributed by atoms with van der Waals surface area (Å²) in [7, 11) is 0. The van der Waals surface area contributed by atoms with Crippen LogP contribution in [0.1, 0.15) is 5.56 Å². The Hall–Kier alpha value is -1.48. The zero-order valence-electron chi connectivity index (χ0n) is 10.9. The molecule has 0 atom stereocenters. The molecule has 0 saturated carbocycles. The van der Waals surface area contributed by atoms with Gasteiger partial charge in [-0.05, 0) is 24.3 Å². The number of nitrogens with zero attached hydrogens (tertiary/aromatic N) is 2. The molecule has 0 aliphatic rings. The zero-order valence-corrected chi connectivity index (χ0v) is 13.2. The first-order valence-corrected chi connectivity index (χ1v) is 7.64. The molecule has 3 aromatic rings. The van der Waals surface area contributed by atoms with Crippen molar-refractivity contribution in [1.29, 1.82) is 0 Å². The van der Waals surface area contributed by atoms with E-state index in [9.17, 15) is 0 Å². The summed E-state index contributed by atoms with van der Waals surface area (Å²) in [6.07, 6.45) is 0.